The quantitative estimate of drug-likeness (QED) is 0.0684. The molecule has 6 aromatic heterocycles. The van der Waals surface area contributed by atoms with Crippen molar-refractivity contribution in [3.63, 3.8) is 0 Å². The molecule has 29 heteroatoms. The predicted octanol–water partition coefficient (Wildman–Crippen LogP) is 16.3. The summed E-state index contributed by atoms with van der Waals surface area (Å²) in [5.41, 5.74) is 16.5. The van der Waals surface area contributed by atoms with E-state index in [1.54, 1.807) is 42.5 Å². The van der Waals surface area contributed by atoms with Crippen molar-refractivity contribution >= 4 is 106 Å². The molecule has 3 saturated heterocycles. The first-order valence-corrected chi connectivity index (χ1v) is 47.0. The number of hydrogen-bond acceptors (Lipinski definition) is 16. The summed E-state index contributed by atoms with van der Waals surface area (Å²) in [6, 6.07) is 53.6. The number of imidazole rings is 3. The number of ether oxygens (including phenoxy) is 1. The van der Waals surface area contributed by atoms with E-state index in [2.05, 4.69) is 161 Å². The van der Waals surface area contributed by atoms with Crippen LogP contribution in [0.2, 0.25) is 15.1 Å². The highest BCUT2D eigenvalue weighted by Crippen LogP contribution is 2.43. The Morgan fingerprint density at radius 2 is 0.764 bits per heavy atom. The summed E-state index contributed by atoms with van der Waals surface area (Å²) in [6.45, 7) is 16.2. The molecule has 0 radical (unpaired) electrons. The van der Waals surface area contributed by atoms with Crippen LogP contribution in [0.1, 0.15) is 123 Å². The highest BCUT2D eigenvalue weighted by Gasteiger charge is 2.45. The van der Waals surface area contributed by atoms with Crippen LogP contribution in [0.4, 0.5) is 4.79 Å². The summed E-state index contributed by atoms with van der Waals surface area (Å²) in [6.07, 6.45) is 26.8. The highest BCUT2D eigenvalue weighted by molar-refractivity contribution is 9.11. The van der Waals surface area contributed by atoms with Crippen molar-refractivity contribution < 1.29 is 23.9 Å². The van der Waals surface area contributed by atoms with Gasteiger partial charge in [-0.3, -0.25) is 48.9 Å². The lowest BCUT2D eigenvalue weighted by Gasteiger charge is -2.45. The molecule has 6 aromatic carbocycles. The highest BCUT2D eigenvalue weighted by atomic mass is 79.9. The number of amides is 4. The Morgan fingerprint density at radius 3 is 1.10 bits per heavy atom. The molecule has 3 aliphatic carbocycles. The minimum atomic E-state index is -0.775. The van der Waals surface area contributed by atoms with Gasteiger partial charge in [-0.2, -0.15) is 0 Å². The van der Waals surface area contributed by atoms with Crippen LogP contribution < -0.4 is 10.6 Å². The molecule has 0 bridgehead atoms. The van der Waals surface area contributed by atoms with Gasteiger partial charge in [0.05, 0.1) is 66.3 Å². The van der Waals surface area contributed by atoms with Gasteiger partial charge >= 0.3 is 6.09 Å². The summed E-state index contributed by atoms with van der Waals surface area (Å²) in [4.78, 5) is 98.6. The molecular formula is C98H104Br3Cl3N18O5. The number of benzene rings is 6. The van der Waals surface area contributed by atoms with E-state index in [0.717, 1.165) is 133 Å². The normalized spacial score (nSPS) is 18.7. The van der Waals surface area contributed by atoms with Crippen LogP contribution in [0.3, 0.4) is 0 Å². The van der Waals surface area contributed by atoms with Crippen molar-refractivity contribution in [1.82, 2.24) is 88.5 Å². The van der Waals surface area contributed by atoms with E-state index in [-0.39, 0.29) is 47.9 Å². The molecule has 23 nitrogen and oxygen atoms in total. The first kappa shape index (κ1) is 90.5. The summed E-state index contributed by atoms with van der Waals surface area (Å²) in [7, 11) is 0. The number of pyridine rings is 3. The number of carbonyl (C=O) groups excluding carboxylic acids is 4. The molecule has 127 heavy (non-hydrogen) atoms. The molecular weight excluding hydrogens is 1860 g/mol. The molecule has 2 N–H and O–H groups in total. The van der Waals surface area contributed by atoms with Crippen molar-refractivity contribution in [2.75, 3.05) is 78.5 Å². The average Bonchev–Trinajstić information content (AvgIpc) is 1.72. The van der Waals surface area contributed by atoms with E-state index in [9.17, 15) is 19.2 Å². The maximum absolute atomic E-state index is 14.8. The standard InChI is InChI=1S/C36H40BrClN6O3.2C31H32BrClN6O/c1-36(2,3)47-35(46)44-18-17-42(33-30-12-11-29(38)20-26(30)9-10-27-19-28(37)21-40-32(27)33)23-31(44)34(45)43(16-15-41-14-13-39-24-41)22-25-7-5-4-6-8-25;2*32-25-16-24-7-6-23-17-26(33)8-9-27(23)30(29(24)36-18-25)38-13-11-35-28(20-38)31(40)39(15-14-37-12-10-34-21-37)19-22-4-2-1-3-5-22/h4-8,11-14,19-21,24,31,33H,9-10,15-18,22-23H2,1-3H3;2*1-5,8-10,12,16-18,21,28,30,35H,6-7,11,13-15,19-20H2/t31-,33?;28-,30+;28-,30-/m111/s1. The first-order valence-electron chi connectivity index (χ1n) is 43.5. The Morgan fingerprint density at radius 1 is 0.425 bits per heavy atom. The number of piperazine rings is 3. The Kier molecular flexibility index (Phi) is 30.1. The van der Waals surface area contributed by atoms with E-state index in [1.807, 2.05) is 177 Å². The number of nitrogens with zero attached hydrogens (tertiary/aromatic N) is 16. The van der Waals surface area contributed by atoms with E-state index < -0.39 is 17.7 Å². The van der Waals surface area contributed by atoms with E-state index >= 15 is 0 Å². The Hall–Kier alpha value is -9.81. The van der Waals surface area contributed by atoms with Crippen molar-refractivity contribution in [2.24, 2.45) is 0 Å². The van der Waals surface area contributed by atoms with Gasteiger partial charge in [-0.1, -0.05) is 144 Å². The molecule has 6 atom stereocenters. The lowest BCUT2D eigenvalue weighted by atomic mass is 9.95. The molecule has 12 aromatic rings. The number of aryl methyl sites for hydroxylation is 6. The summed E-state index contributed by atoms with van der Waals surface area (Å²) in [5.74, 6) is 0.101. The second-order valence-corrected chi connectivity index (χ2v) is 38.2. The van der Waals surface area contributed by atoms with Crippen molar-refractivity contribution in [3.8, 4) is 0 Å². The Labute approximate surface area is 782 Å². The fourth-order valence-electron chi connectivity index (χ4n) is 18.3. The van der Waals surface area contributed by atoms with Crippen LogP contribution in [-0.4, -0.2) is 204 Å². The minimum absolute atomic E-state index is 0.0382. The number of hydrogen-bond donors (Lipinski definition) is 2. The van der Waals surface area contributed by atoms with Gasteiger partial charge < -0.3 is 43.8 Å². The van der Waals surface area contributed by atoms with Gasteiger partial charge in [0, 0.05) is 202 Å². The average molecular weight is 1960 g/mol. The summed E-state index contributed by atoms with van der Waals surface area (Å²) in [5, 5.41) is 9.25. The number of rotatable bonds is 21. The van der Waals surface area contributed by atoms with Crippen LogP contribution in [0.25, 0.3) is 0 Å². The fourth-order valence-corrected chi connectivity index (χ4v) is 20.0. The lowest BCUT2D eigenvalue weighted by molar-refractivity contribution is -0.140. The second kappa shape index (κ2) is 42.2. The molecule has 3 aliphatic heterocycles. The number of nitrogens with one attached hydrogen (secondary N) is 2. The fraction of sp³-hybridized carbons (Fsp3) is 0.347. The monoisotopic (exact) mass is 1950 g/mol. The topological polar surface area (TPSA) is 216 Å². The van der Waals surface area contributed by atoms with Gasteiger partial charge in [0.25, 0.3) is 0 Å². The number of carbonyl (C=O) groups is 4. The van der Waals surface area contributed by atoms with Crippen LogP contribution in [0, 0.1) is 0 Å². The van der Waals surface area contributed by atoms with Gasteiger partial charge in [0.2, 0.25) is 17.7 Å². The lowest BCUT2D eigenvalue weighted by Crippen LogP contribution is -2.62. The molecule has 3 fully saturated rings. The van der Waals surface area contributed by atoms with Crippen LogP contribution in [-0.2, 0) is 96.9 Å². The van der Waals surface area contributed by atoms with Gasteiger partial charge in [-0.05, 0) is 228 Å². The number of aromatic nitrogens is 9. The van der Waals surface area contributed by atoms with Crippen molar-refractivity contribution in [3.05, 3.63) is 351 Å². The van der Waals surface area contributed by atoms with Crippen LogP contribution in [0.15, 0.2) is 252 Å². The Bertz CT molecular complexity index is 5360. The number of fused-ring (bicyclic) bond motifs is 6. The van der Waals surface area contributed by atoms with E-state index in [4.69, 9.17) is 54.5 Å². The van der Waals surface area contributed by atoms with Gasteiger partial charge in [0.15, 0.2) is 0 Å². The smallest absolute Gasteiger partial charge is 0.411 e. The third kappa shape index (κ3) is 22.9. The molecule has 658 valence electrons. The summed E-state index contributed by atoms with van der Waals surface area (Å²) >= 11 is 30.2. The largest absolute Gasteiger partial charge is 0.444 e. The SMILES string of the molecule is CC(C)(C)OC(=O)N1CCN(C2c3ccc(Cl)cc3CCc3cc(Br)cnc32)C[C@@H]1C(=O)N(CCn1ccnc1)Cc1ccccc1.O=C([C@H]1CN([C@@H]2c3ccc(Cl)cc3CCc3cc(Br)cnc32)CCN1)N(CCn1ccnc1)Cc1ccccc1.O=C([C@H]1CN([C@H]2c3ccc(Cl)cc3CCc3cc(Br)cnc32)CCN1)N(CCn1ccnc1)Cc1ccccc1. The zero-order valence-corrected chi connectivity index (χ0v) is 78.4. The van der Waals surface area contributed by atoms with Crippen molar-refractivity contribution in [1.29, 1.82) is 0 Å². The van der Waals surface area contributed by atoms with Gasteiger partial charge in [-0.25, -0.2) is 19.7 Å². The van der Waals surface area contributed by atoms with Gasteiger partial charge in [-0.15, -0.1) is 0 Å². The molecule has 18 rings (SSSR count). The third-order valence-electron chi connectivity index (χ3n) is 24.4. The summed E-state index contributed by atoms with van der Waals surface area (Å²) < 4.78 is 14.7. The molecule has 4 amide bonds. The molecule has 1 unspecified atom stereocenters. The Balaban J connectivity index is 0.000000141. The molecule has 0 saturated carbocycles. The van der Waals surface area contributed by atoms with Crippen LogP contribution in [0.5, 0.6) is 0 Å². The van der Waals surface area contributed by atoms with E-state index in [0.29, 0.717) is 96.6 Å². The molecule has 6 aliphatic rings. The van der Waals surface area contributed by atoms with Crippen molar-refractivity contribution in [2.45, 2.75) is 140 Å². The first-order chi connectivity index (χ1) is 61.6. The second-order valence-electron chi connectivity index (χ2n) is 34.2. The molecule has 0 spiro atoms. The minimum Gasteiger partial charge on any atom is -0.444 e. The zero-order valence-electron chi connectivity index (χ0n) is 71.4. The molecule has 9 heterocycles. The number of halogens is 6. The maximum atomic E-state index is 14.8. The van der Waals surface area contributed by atoms with E-state index in [1.165, 1.54) is 38.9 Å². The predicted molar refractivity (Wildman–Crippen MR) is 505 cm³/mol. The zero-order chi connectivity index (χ0) is 88.1. The third-order valence-corrected chi connectivity index (χ3v) is 26.5. The van der Waals surface area contributed by atoms with Crippen LogP contribution >= 0.6 is 82.6 Å². The maximum Gasteiger partial charge on any atom is 0.411 e. The van der Waals surface area contributed by atoms with Gasteiger partial charge in [0.1, 0.15) is 11.6 Å².